The number of hydrogen-bond acceptors (Lipinski definition) is 2. The van der Waals surface area contributed by atoms with Crippen molar-refractivity contribution in [2.45, 2.75) is 13.0 Å². The van der Waals surface area contributed by atoms with E-state index in [2.05, 4.69) is 22.6 Å². The van der Waals surface area contributed by atoms with Gasteiger partial charge in [0.1, 0.15) is 6.61 Å². The second kappa shape index (κ2) is 5.96. The molecular weight excluding hydrogens is 279 g/mol. The van der Waals surface area contributed by atoms with Gasteiger partial charge >= 0.3 is 5.97 Å². The average Bonchev–Trinajstić information content (AvgIpc) is 2.17. The molecule has 0 aromatic heterocycles. The summed E-state index contributed by atoms with van der Waals surface area (Å²) in [6, 6.07) is 9.69. The van der Waals surface area contributed by atoms with E-state index in [1.807, 2.05) is 30.3 Å². The molecule has 0 aliphatic heterocycles. The lowest BCUT2D eigenvalue weighted by atomic mass is 10.2. The molecule has 0 bridgehead atoms. The molecule has 0 aliphatic rings. The Balaban J connectivity index is 2.31. The zero-order valence-electron chi connectivity index (χ0n) is 7.20. The van der Waals surface area contributed by atoms with E-state index in [0.29, 0.717) is 13.0 Å². The zero-order chi connectivity index (χ0) is 9.52. The maximum atomic E-state index is 11.0. The summed E-state index contributed by atoms with van der Waals surface area (Å²) in [6.45, 7) is 0.385. The van der Waals surface area contributed by atoms with Gasteiger partial charge in [-0.15, -0.1) is 0 Å². The second-order valence-electron chi connectivity index (χ2n) is 2.59. The van der Waals surface area contributed by atoms with Crippen LogP contribution in [0.5, 0.6) is 0 Å². The second-order valence-corrected chi connectivity index (χ2v) is 3.66. The Morgan fingerprint density at radius 3 is 2.62 bits per heavy atom. The molecule has 0 saturated heterocycles. The van der Waals surface area contributed by atoms with Gasteiger partial charge in [0.05, 0.1) is 6.42 Å². The summed E-state index contributed by atoms with van der Waals surface area (Å²) in [5.74, 6) is -0.127. The zero-order valence-corrected chi connectivity index (χ0v) is 9.36. The van der Waals surface area contributed by atoms with E-state index < -0.39 is 0 Å². The predicted molar refractivity (Wildman–Crippen MR) is 59.7 cm³/mol. The maximum Gasteiger partial charge on any atom is 0.306 e. The SMILES string of the molecule is O=C(CCI)OCc1ccccc1. The van der Waals surface area contributed by atoms with Crippen molar-refractivity contribution in [1.29, 1.82) is 0 Å². The molecule has 1 aromatic carbocycles. The summed E-state index contributed by atoms with van der Waals surface area (Å²) in [6.07, 6.45) is 0.493. The van der Waals surface area contributed by atoms with Crippen LogP contribution in [0, 0.1) is 0 Å². The lowest BCUT2D eigenvalue weighted by Crippen LogP contribution is -2.04. The summed E-state index contributed by atoms with van der Waals surface area (Å²) in [7, 11) is 0. The lowest BCUT2D eigenvalue weighted by Gasteiger charge is -2.02. The van der Waals surface area contributed by atoms with E-state index >= 15 is 0 Å². The molecular formula is C10H11IO2. The number of hydrogen-bond donors (Lipinski definition) is 0. The molecule has 2 nitrogen and oxygen atoms in total. The Morgan fingerprint density at radius 1 is 1.31 bits per heavy atom. The largest absolute Gasteiger partial charge is 0.461 e. The molecule has 3 heteroatoms. The molecule has 0 spiro atoms. The Labute approximate surface area is 91.4 Å². The number of rotatable bonds is 4. The normalized spacial score (nSPS) is 9.62. The maximum absolute atomic E-state index is 11.0. The van der Waals surface area contributed by atoms with Crippen molar-refractivity contribution in [2.75, 3.05) is 4.43 Å². The smallest absolute Gasteiger partial charge is 0.306 e. The van der Waals surface area contributed by atoms with Gasteiger partial charge < -0.3 is 4.74 Å². The summed E-state index contributed by atoms with van der Waals surface area (Å²) in [5, 5.41) is 0. The van der Waals surface area contributed by atoms with Crippen molar-refractivity contribution in [3.8, 4) is 0 Å². The molecule has 0 amide bonds. The molecule has 13 heavy (non-hydrogen) atoms. The molecule has 0 atom stereocenters. The third-order valence-corrected chi connectivity index (χ3v) is 2.08. The predicted octanol–water partition coefficient (Wildman–Crippen LogP) is 2.55. The van der Waals surface area contributed by atoms with Crippen LogP contribution in [0.15, 0.2) is 30.3 Å². The van der Waals surface area contributed by atoms with Crippen LogP contribution in [0.2, 0.25) is 0 Å². The van der Waals surface area contributed by atoms with Crippen molar-refractivity contribution in [3.05, 3.63) is 35.9 Å². The highest BCUT2D eigenvalue weighted by Crippen LogP contribution is 2.02. The van der Waals surface area contributed by atoms with E-state index in [0.717, 1.165) is 9.99 Å². The first-order chi connectivity index (χ1) is 6.33. The highest BCUT2D eigenvalue weighted by Gasteiger charge is 2.00. The van der Waals surface area contributed by atoms with Crippen LogP contribution in [0.1, 0.15) is 12.0 Å². The van der Waals surface area contributed by atoms with Crippen molar-refractivity contribution < 1.29 is 9.53 Å². The van der Waals surface area contributed by atoms with Crippen LogP contribution in [-0.2, 0) is 16.1 Å². The van der Waals surface area contributed by atoms with Crippen LogP contribution < -0.4 is 0 Å². The minimum atomic E-state index is -0.127. The van der Waals surface area contributed by atoms with Gasteiger partial charge in [-0.25, -0.2) is 0 Å². The Kier molecular flexibility index (Phi) is 4.82. The van der Waals surface area contributed by atoms with Crippen molar-refractivity contribution in [3.63, 3.8) is 0 Å². The first-order valence-electron chi connectivity index (χ1n) is 4.08. The third-order valence-electron chi connectivity index (χ3n) is 1.54. The number of carbonyl (C=O) groups is 1. The van der Waals surface area contributed by atoms with Gasteiger partial charge in [-0.1, -0.05) is 52.9 Å². The molecule has 1 rings (SSSR count). The number of alkyl halides is 1. The van der Waals surface area contributed by atoms with Crippen molar-refractivity contribution >= 4 is 28.6 Å². The van der Waals surface area contributed by atoms with Crippen LogP contribution in [0.3, 0.4) is 0 Å². The first-order valence-corrected chi connectivity index (χ1v) is 5.61. The van der Waals surface area contributed by atoms with Gasteiger partial charge in [0.2, 0.25) is 0 Å². The van der Waals surface area contributed by atoms with E-state index in [4.69, 9.17) is 4.74 Å². The summed E-state index contributed by atoms with van der Waals surface area (Å²) in [4.78, 5) is 11.0. The minimum Gasteiger partial charge on any atom is -0.461 e. The number of ether oxygens (including phenoxy) is 1. The first kappa shape index (κ1) is 10.5. The van der Waals surface area contributed by atoms with Crippen LogP contribution in [0.25, 0.3) is 0 Å². The van der Waals surface area contributed by atoms with Gasteiger partial charge in [0.15, 0.2) is 0 Å². The van der Waals surface area contributed by atoms with Crippen LogP contribution >= 0.6 is 22.6 Å². The van der Waals surface area contributed by atoms with Gasteiger partial charge in [0, 0.05) is 4.43 Å². The van der Waals surface area contributed by atoms with Crippen molar-refractivity contribution in [2.24, 2.45) is 0 Å². The monoisotopic (exact) mass is 290 g/mol. The summed E-state index contributed by atoms with van der Waals surface area (Å²) in [5.41, 5.74) is 1.03. The molecule has 0 heterocycles. The van der Waals surface area contributed by atoms with Crippen LogP contribution in [-0.4, -0.2) is 10.4 Å². The van der Waals surface area contributed by atoms with Gasteiger partial charge in [-0.3, -0.25) is 4.79 Å². The molecule has 0 N–H and O–H groups in total. The molecule has 0 saturated carbocycles. The molecule has 70 valence electrons. The highest BCUT2D eigenvalue weighted by molar-refractivity contribution is 14.1. The quantitative estimate of drug-likeness (QED) is 0.484. The van der Waals surface area contributed by atoms with Gasteiger partial charge in [0.25, 0.3) is 0 Å². The average molecular weight is 290 g/mol. The fourth-order valence-electron chi connectivity index (χ4n) is 0.887. The van der Waals surface area contributed by atoms with E-state index in [-0.39, 0.29) is 5.97 Å². The summed E-state index contributed by atoms with van der Waals surface area (Å²) >= 11 is 2.16. The molecule has 0 fully saturated rings. The van der Waals surface area contributed by atoms with E-state index in [9.17, 15) is 4.79 Å². The Bertz CT molecular complexity index is 259. The number of benzene rings is 1. The number of esters is 1. The topological polar surface area (TPSA) is 26.3 Å². The Morgan fingerprint density at radius 2 is 2.00 bits per heavy atom. The Hall–Kier alpha value is -0.580. The van der Waals surface area contributed by atoms with E-state index in [1.165, 1.54) is 0 Å². The fraction of sp³-hybridized carbons (Fsp3) is 0.300. The molecule has 0 aliphatic carbocycles. The van der Waals surface area contributed by atoms with Crippen molar-refractivity contribution in [1.82, 2.24) is 0 Å². The van der Waals surface area contributed by atoms with E-state index in [1.54, 1.807) is 0 Å². The highest BCUT2D eigenvalue weighted by atomic mass is 127. The van der Waals surface area contributed by atoms with Gasteiger partial charge in [-0.05, 0) is 5.56 Å². The fourth-order valence-corrected chi connectivity index (χ4v) is 1.33. The standard InChI is InChI=1S/C10H11IO2/c11-7-6-10(12)13-8-9-4-2-1-3-5-9/h1-5H,6-8H2. The van der Waals surface area contributed by atoms with Gasteiger partial charge in [-0.2, -0.15) is 0 Å². The molecule has 1 aromatic rings. The molecule has 0 unspecified atom stereocenters. The number of halogens is 1. The van der Waals surface area contributed by atoms with Crippen LogP contribution in [0.4, 0.5) is 0 Å². The lowest BCUT2D eigenvalue weighted by molar-refractivity contribution is -0.144. The molecule has 0 radical (unpaired) electrons. The third kappa shape index (κ3) is 4.26. The minimum absolute atomic E-state index is 0.127. The summed E-state index contributed by atoms with van der Waals surface area (Å²) < 4.78 is 5.84. The number of carbonyl (C=O) groups excluding carboxylic acids is 1.